The van der Waals surface area contributed by atoms with Crippen LogP contribution in [0.3, 0.4) is 0 Å². The van der Waals surface area contributed by atoms with Crippen LogP contribution in [-0.2, 0) is 16.1 Å². The highest BCUT2D eigenvalue weighted by Gasteiger charge is 2.12. The third-order valence-corrected chi connectivity index (χ3v) is 4.11. The van der Waals surface area contributed by atoms with Crippen LogP contribution in [0.1, 0.15) is 31.2 Å². The van der Waals surface area contributed by atoms with Crippen LogP contribution in [0.5, 0.6) is 0 Å². The molecule has 0 spiro atoms. The Balaban J connectivity index is 1.93. The van der Waals surface area contributed by atoms with Crippen LogP contribution in [0.15, 0.2) is 35.5 Å². The van der Waals surface area contributed by atoms with Crippen molar-refractivity contribution in [2.24, 2.45) is 0 Å². The van der Waals surface area contributed by atoms with Crippen LogP contribution in [0.4, 0.5) is 0 Å². The quantitative estimate of drug-likeness (QED) is 0.425. The van der Waals surface area contributed by atoms with E-state index in [2.05, 4.69) is 29.3 Å². The lowest BCUT2D eigenvalue weighted by molar-refractivity contribution is -0.140. The molecular formula is C16H21N3O2S. The summed E-state index contributed by atoms with van der Waals surface area (Å²) in [5, 5.41) is 9.00. The Morgan fingerprint density at radius 3 is 2.77 bits per heavy atom. The van der Waals surface area contributed by atoms with Crippen molar-refractivity contribution < 1.29 is 9.53 Å². The van der Waals surface area contributed by atoms with Gasteiger partial charge in [0.15, 0.2) is 5.16 Å². The molecule has 0 saturated heterocycles. The number of unbranched alkanes of at least 4 members (excludes halogenated alkanes) is 1. The van der Waals surface area contributed by atoms with E-state index in [9.17, 15) is 4.79 Å². The second-order valence-corrected chi connectivity index (χ2v) is 5.91. The number of ether oxygens (including phenoxy) is 1. The first-order valence-corrected chi connectivity index (χ1v) is 8.41. The Bertz CT molecular complexity index is 599. The predicted octanol–water partition coefficient (Wildman–Crippen LogP) is 3.07. The first-order valence-electron chi connectivity index (χ1n) is 7.43. The van der Waals surface area contributed by atoms with Gasteiger partial charge in [0.1, 0.15) is 5.82 Å². The minimum atomic E-state index is -0.203. The van der Waals surface area contributed by atoms with Crippen molar-refractivity contribution in [3.8, 4) is 0 Å². The first kappa shape index (κ1) is 16.5. The summed E-state index contributed by atoms with van der Waals surface area (Å²) in [5.41, 5.74) is 1.18. The number of esters is 1. The molecular weight excluding hydrogens is 298 g/mol. The maximum Gasteiger partial charge on any atom is 0.316 e. The highest BCUT2D eigenvalue weighted by molar-refractivity contribution is 7.99. The van der Waals surface area contributed by atoms with E-state index >= 15 is 0 Å². The molecule has 118 valence electrons. The van der Waals surface area contributed by atoms with Crippen LogP contribution in [0.25, 0.3) is 0 Å². The number of benzene rings is 1. The Labute approximate surface area is 135 Å². The lowest BCUT2D eigenvalue weighted by Gasteiger charge is -2.08. The molecule has 0 unspecified atom stereocenters. The standard InChI is InChI=1S/C16H21N3O2S/c1-3-4-10-21-15(20)12-22-16-18-17-13(2)19(16)11-14-8-6-5-7-9-14/h5-9H,3-4,10-12H2,1-2H3. The molecule has 0 fully saturated rings. The van der Waals surface area contributed by atoms with Crippen LogP contribution >= 0.6 is 11.8 Å². The average molecular weight is 319 g/mol. The molecule has 22 heavy (non-hydrogen) atoms. The van der Waals surface area contributed by atoms with Gasteiger partial charge in [-0.05, 0) is 18.9 Å². The number of carbonyl (C=O) groups excluding carboxylic acids is 1. The third kappa shape index (κ3) is 4.87. The predicted molar refractivity (Wildman–Crippen MR) is 86.9 cm³/mol. The van der Waals surface area contributed by atoms with Gasteiger partial charge in [-0.3, -0.25) is 4.79 Å². The summed E-state index contributed by atoms with van der Waals surface area (Å²) in [6.45, 7) is 5.18. The van der Waals surface area contributed by atoms with E-state index in [0.29, 0.717) is 13.2 Å². The second-order valence-electron chi connectivity index (χ2n) is 4.96. The zero-order chi connectivity index (χ0) is 15.8. The van der Waals surface area contributed by atoms with Crippen LogP contribution < -0.4 is 0 Å². The molecule has 1 aromatic carbocycles. The van der Waals surface area contributed by atoms with Crippen LogP contribution in [0.2, 0.25) is 0 Å². The molecule has 2 rings (SSSR count). The molecule has 0 saturated carbocycles. The molecule has 0 radical (unpaired) electrons. The van der Waals surface area contributed by atoms with Crippen molar-refractivity contribution in [1.82, 2.24) is 14.8 Å². The molecule has 0 bridgehead atoms. The second kappa shape index (κ2) is 8.58. The van der Waals surface area contributed by atoms with Gasteiger partial charge in [-0.15, -0.1) is 10.2 Å². The SMILES string of the molecule is CCCCOC(=O)CSc1nnc(C)n1Cc1ccccc1. The summed E-state index contributed by atoms with van der Waals surface area (Å²) in [5.74, 6) is 0.896. The molecule has 5 nitrogen and oxygen atoms in total. The number of hydrogen-bond acceptors (Lipinski definition) is 5. The summed E-state index contributed by atoms with van der Waals surface area (Å²) in [6, 6.07) is 10.1. The van der Waals surface area contributed by atoms with Crippen molar-refractivity contribution in [1.29, 1.82) is 0 Å². The molecule has 0 aliphatic carbocycles. The molecule has 6 heteroatoms. The smallest absolute Gasteiger partial charge is 0.316 e. The van der Waals surface area contributed by atoms with E-state index in [1.165, 1.54) is 17.3 Å². The highest BCUT2D eigenvalue weighted by Crippen LogP contribution is 2.18. The Kier molecular flexibility index (Phi) is 6.45. The fraction of sp³-hybridized carbons (Fsp3) is 0.438. The molecule has 1 aromatic heterocycles. The summed E-state index contributed by atoms with van der Waals surface area (Å²) in [6.07, 6.45) is 1.92. The van der Waals surface area contributed by atoms with Crippen molar-refractivity contribution in [3.05, 3.63) is 41.7 Å². The fourth-order valence-electron chi connectivity index (χ4n) is 1.91. The average Bonchev–Trinajstić information content (AvgIpc) is 2.87. The van der Waals surface area contributed by atoms with Gasteiger partial charge < -0.3 is 9.30 Å². The summed E-state index contributed by atoms with van der Waals surface area (Å²) in [7, 11) is 0. The van der Waals surface area contributed by atoms with E-state index in [1.54, 1.807) is 0 Å². The van der Waals surface area contributed by atoms with Gasteiger partial charge in [0.25, 0.3) is 0 Å². The van der Waals surface area contributed by atoms with Gasteiger partial charge in [-0.25, -0.2) is 0 Å². The third-order valence-electron chi connectivity index (χ3n) is 3.17. The van der Waals surface area contributed by atoms with E-state index < -0.39 is 0 Å². The molecule has 0 amide bonds. The molecule has 0 aliphatic rings. The van der Waals surface area contributed by atoms with Gasteiger partial charge in [0.05, 0.1) is 18.9 Å². The van der Waals surface area contributed by atoms with E-state index in [0.717, 1.165) is 23.8 Å². The number of carbonyl (C=O) groups is 1. The first-order chi connectivity index (χ1) is 10.7. The Morgan fingerprint density at radius 1 is 1.27 bits per heavy atom. The molecule has 0 aliphatic heterocycles. The Morgan fingerprint density at radius 2 is 2.05 bits per heavy atom. The summed E-state index contributed by atoms with van der Waals surface area (Å²) < 4.78 is 7.17. The van der Waals surface area contributed by atoms with E-state index in [1.807, 2.05) is 29.7 Å². The number of rotatable bonds is 8. The Hall–Kier alpha value is -1.82. The number of nitrogens with zero attached hydrogens (tertiary/aromatic N) is 3. The molecule has 0 N–H and O–H groups in total. The number of thioether (sulfide) groups is 1. The number of aromatic nitrogens is 3. The summed E-state index contributed by atoms with van der Waals surface area (Å²) >= 11 is 1.37. The zero-order valence-corrected chi connectivity index (χ0v) is 13.8. The molecule has 0 atom stereocenters. The summed E-state index contributed by atoms with van der Waals surface area (Å²) in [4.78, 5) is 11.7. The minimum absolute atomic E-state index is 0.203. The van der Waals surface area contributed by atoms with Crippen molar-refractivity contribution >= 4 is 17.7 Å². The van der Waals surface area contributed by atoms with Crippen molar-refractivity contribution in [2.45, 2.75) is 38.4 Å². The number of aryl methyl sites for hydroxylation is 1. The zero-order valence-electron chi connectivity index (χ0n) is 13.0. The van der Waals surface area contributed by atoms with Crippen LogP contribution in [-0.4, -0.2) is 33.1 Å². The van der Waals surface area contributed by atoms with E-state index in [4.69, 9.17) is 4.74 Å². The van der Waals surface area contributed by atoms with Crippen LogP contribution in [0, 0.1) is 6.92 Å². The maximum absolute atomic E-state index is 11.7. The fourth-order valence-corrected chi connectivity index (χ4v) is 2.69. The van der Waals surface area contributed by atoms with Crippen molar-refractivity contribution in [2.75, 3.05) is 12.4 Å². The lowest BCUT2D eigenvalue weighted by Crippen LogP contribution is -2.10. The van der Waals surface area contributed by atoms with E-state index in [-0.39, 0.29) is 11.7 Å². The van der Waals surface area contributed by atoms with Crippen molar-refractivity contribution in [3.63, 3.8) is 0 Å². The van der Waals surface area contributed by atoms with Gasteiger partial charge in [0, 0.05) is 0 Å². The van der Waals surface area contributed by atoms with Gasteiger partial charge >= 0.3 is 5.97 Å². The van der Waals surface area contributed by atoms with Gasteiger partial charge in [0.2, 0.25) is 0 Å². The van der Waals surface area contributed by atoms with Gasteiger partial charge in [-0.2, -0.15) is 0 Å². The number of hydrogen-bond donors (Lipinski definition) is 0. The minimum Gasteiger partial charge on any atom is -0.465 e. The highest BCUT2D eigenvalue weighted by atomic mass is 32.2. The monoisotopic (exact) mass is 319 g/mol. The molecule has 2 aromatic rings. The largest absolute Gasteiger partial charge is 0.465 e. The lowest BCUT2D eigenvalue weighted by atomic mass is 10.2. The molecule has 1 heterocycles. The topological polar surface area (TPSA) is 57.0 Å². The normalized spacial score (nSPS) is 10.6. The van der Waals surface area contributed by atoms with Gasteiger partial charge in [-0.1, -0.05) is 55.4 Å². The maximum atomic E-state index is 11.7.